The summed E-state index contributed by atoms with van der Waals surface area (Å²) in [5.41, 5.74) is -0.199. The molecule has 0 heterocycles. The standard InChI is InChI=1S/C15H21NO5/c1-15(2,3)16(14(20)21)11(12(17)13(18)19)9-10-7-5-4-6-8-10/h4-8,11,13,18-19H,9H2,1-3H3,(H,20,21)/p-1/t11-/m0/s1. The van der Waals surface area contributed by atoms with E-state index >= 15 is 0 Å². The first kappa shape index (κ1) is 17.1. The predicted octanol–water partition coefficient (Wildman–Crippen LogP) is -0.0787. The topological polar surface area (TPSA) is 101 Å². The van der Waals surface area contributed by atoms with Gasteiger partial charge in [0.2, 0.25) is 12.1 Å². The molecule has 0 saturated heterocycles. The number of carboxylic acid groups (broad SMARTS) is 1. The van der Waals surface area contributed by atoms with Gasteiger partial charge >= 0.3 is 0 Å². The molecule has 1 aromatic carbocycles. The molecule has 1 atom stereocenters. The molecule has 0 bridgehead atoms. The molecule has 0 spiro atoms. The van der Waals surface area contributed by atoms with Crippen LogP contribution in [0.1, 0.15) is 26.3 Å². The Balaban J connectivity index is 3.18. The van der Waals surface area contributed by atoms with E-state index < -0.39 is 29.7 Å². The summed E-state index contributed by atoms with van der Waals surface area (Å²) >= 11 is 0. The van der Waals surface area contributed by atoms with Crippen molar-refractivity contribution in [1.29, 1.82) is 0 Å². The normalized spacial score (nSPS) is 13.0. The largest absolute Gasteiger partial charge is 0.530 e. The first-order valence-electron chi connectivity index (χ1n) is 6.58. The third-order valence-corrected chi connectivity index (χ3v) is 3.09. The lowest BCUT2D eigenvalue weighted by molar-refractivity contribution is -0.273. The number of amides is 1. The van der Waals surface area contributed by atoms with Gasteiger partial charge in [0.05, 0.1) is 6.04 Å². The van der Waals surface area contributed by atoms with Gasteiger partial charge in [0.15, 0.2) is 0 Å². The zero-order chi connectivity index (χ0) is 16.2. The van der Waals surface area contributed by atoms with Crippen molar-refractivity contribution in [2.24, 2.45) is 0 Å². The summed E-state index contributed by atoms with van der Waals surface area (Å²) in [6.45, 7) is 4.83. The van der Waals surface area contributed by atoms with E-state index in [-0.39, 0.29) is 6.42 Å². The fraction of sp³-hybridized carbons (Fsp3) is 0.467. The van der Waals surface area contributed by atoms with E-state index in [1.54, 1.807) is 51.1 Å². The van der Waals surface area contributed by atoms with Crippen molar-refractivity contribution in [3.05, 3.63) is 35.9 Å². The third kappa shape index (κ3) is 4.54. The van der Waals surface area contributed by atoms with Gasteiger partial charge in [-0.25, -0.2) is 0 Å². The second-order valence-corrected chi connectivity index (χ2v) is 5.79. The number of hydrogen-bond donors (Lipinski definition) is 2. The number of carbonyl (C=O) groups excluding carboxylic acids is 2. The Labute approximate surface area is 123 Å². The summed E-state index contributed by atoms with van der Waals surface area (Å²) in [6, 6.07) is 7.55. The lowest BCUT2D eigenvalue weighted by Crippen LogP contribution is -2.60. The number of hydrogen-bond acceptors (Lipinski definition) is 5. The van der Waals surface area contributed by atoms with Crippen molar-refractivity contribution in [1.82, 2.24) is 4.90 Å². The van der Waals surface area contributed by atoms with E-state index in [0.717, 1.165) is 4.90 Å². The number of nitrogens with zero attached hydrogens (tertiary/aromatic N) is 1. The second-order valence-electron chi connectivity index (χ2n) is 5.79. The molecule has 2 N–H and O–H groups in total. The molecule has 1 aromatic rings. The van der Waals surface area contributed by atoms with Gasteiger partial charge in [-0.15, -0.1) is 0 Å². The number of carbonyl (C=O) groups is 2. The molecule has 0 radical (unpaired) electrons. The minimum atomic E-state index is -2.23. The van der Waals surface area contributed by atoms with E-state index in [4.69, 9.17) is 10.2 Å². The molecular weight excluding hydrogens is 274 g/mol. The molecule has 0 unspecified atom stereocenters. The summed E-state index contributed by atoms with van der Waals surface area (Å²) in [6.07, 6.45) is -3.72. The predicted molar refractivity (Wildman–Crippen MR) is 74.2 cm³/mol. The van der Waals surface area contributed by atoms with Crippen LogP contribution in [0.5, 0.6) is 0 Å². The fourth-order valence-corrected chi connectivity index (χ4v) is 2.20. The fourth-order valence-electron chi connectivity index (χ4n) is 2.20. The average Bonchev–Trinajstić information content (AvgIpc) is 2.36. The SMILES string of the molecule is CC(C)(C)N(C(=O)[O-])[C@@H](Cc1ccccc1)C(=O)C(O)O. The van der Waals surface area contributed by atoms with Crippen LogP contribution in [-0.4, -0.2) is 44.9 Å². The van der Waals surface area contributed by atoms with Gasteiger partial charge in [-0.1, -0.05) is 30.3 Å². The van der Waals surface area contributed by atoms with Gasteiger partial charge in [-0.3, -0.25) is 4.79 Å². The Bertz CT molecular complexity index is 493. The summed E-state index contributed by atoms with van der Waals surface area (Å²) in [5.74, 6) is -0.974. The van der Waals surface area contributed by atoms with Crippen LogP contribution in [-0.2, 0) is 11.2 Å². The third-order valence-electron chi connectivity index (χ3n) is 3.09. The Morgan fingerprint density at radius 2 is 1.71 bits per heavy atom. The smallest absolute Gasteiger partial charge is 0.215 e. The zero-order valence-corrected chi connectivity index (χ0v) is 12.3. The highest BCUT2D eigenvalue weighted by Gasteiger charge is 2.36. The van der Waals surface area contributed by atoms with Crippen molar-refractivity contribution >= 4 is 11.9 Å². The molecule has 0 fully saturated rings. The molecule has 1 rings (SSSR count). The summed E-state index contributed by atoms with van der Waals surface area (Å²) < 4.78 is 0. The number of aliphatic hydroxyl groups is 2. The van der Waals surface area contributed by atoms with Gasteiger partial charge in [0.25, 0.3) is 0 Å². The minimum absolute atomic E-state index is 0.0442. The molecule has 6 heteroatoms. The maximum Gasteiger partial charge on any atom is 0.215 e. The second kappa shape index (κ2) is 6.69. The first-order valence-corrected chi connectivity index (χ1v) is 6.58. The van der Waals surface area contributed by atoms with Crippen molar-refractivity contribution in [2.75, 3.05) is 0 Å². The van der Waals surface area contributed by atoms with E-state index in [1.807, 2.05) is 0 Å². The maximum atomic E-state index is 12.0. The number of ketones is 1. The van der Waals surface area contributed by atoms with Crippen LogP contribution < -0.4 is 5.11 Å². The Kier molecular flexibility index (Phi) is 5.46. The molecule has 1 amide bonds. The summed E-state index contributed by atoms with van der Waals surface area (Å²) in [4.78, 5) is 24.3. The minimum Gasteiger partial charge on any atom is -0.530 e. The van der Waals surface area contributed by atoms with Crippen LogP contribution >= 0.6 is 0 Å². The van der Waals surface area contributed by atoms with Crippen LogP contribution in [0.4, 0.5) is 4.79 Å². The lowest BCUT2D eigenvalue weighted by Gasteiger charge is -2.43. The number of rotatable bonds is 5. The van der Waals surface area contributed by atoms with Crippen LogP contribution in [0, 0.1) is 0 Å². The molecule has 0 aliphatic carbocycles. The van der Waals surface area contributed by atoms with Crippen LogP contribution in [0.3, 0.4) is 0 Å². The van der Waals surface area contributed by atoms with Crippen LogP contribution in [0.15, 0.2) is 30.3 Å². The van der Waals surface area contributed by atoms with Gasteiger partial charge < -0.3 is 25.0 Å². The highest BCUT2D eigenvalue weighted by atomic mass is 16.5. The van der Waals surface area contributed by atoms with E-state index in [9.17, 15) is 14.7 Å². The Morgan fingerprint density at radius 1 is 1.19 bits per heavy atom. The summed E-state index contributed by atoms with van der Waals surface area (Å²) in [7, 11) is 0. The molecule has 0 aliphatic heterocycles. The Hall–Kier alpha value is -1.92. The molecule has 0 saturated carbocycles. The van der Waals surface area contributed by atoms with Gasteiger partial charge in [-0.05, 0) is 26.3 Å². The van der Waals surface area contributed by atoms with E-state index in [0.29, 0.717) is 5.56 Å². The van der Waals surface area contributed by atoms with Crippen molar-refractivity contribution in [3.8, 4) is 0 Å². The van der Waals surface area contributed by atoms with Crippen LogP contribution in [0.2, 0.25) is 0 Å². The van der Waals surface area contributed by atoms with Crippen molar-refractivity contribution < 1.29 is 24.9 Å². The van der Waals surface area contributed by atoms with Crippen molar-refractivity contribution in [2.45, 2.75) is 45.1 Å². The van der Waals surface area contributed by atoms with E-state index in [2.05, 4.69) is 0 Å². The zero-order valence-electron chi connectivity index (χ0n) is 12.3. The number of benzene rings is 1. The van der Waals surface area contributed by atoms with Crippen molar-refractivity contribution in [3.63, 3.8) is 0 Å². The van der Waals surface area contributed by atoms with Gasteiger partial charge in [0.1, 0.15) is 6.09 Å². The van der Waals surface area contributed by atoms with Gasteiger partial charge in [-0.2, -0.15) is 0 Å². The Morgan fingerprint density at radius 3 is 2.10 bits per heavy atom. The quantitative estimate of drug-likeness (QED) is 0.740. The lowest BCUT2D eigenvalue weighted by atomic mass is 9.95. The number of aliphatic hydroxyl groups excluding tert-OH is 1. The molecule has 116 valence electrons. The first-order chi connectivity index (χ1) is 9.64. The molecule has 6 nitrogen and oxygen atoms in total. The number of Topliss-reactive ketones (excluding diaryl/α,β-unsaturated/α-hetero) is 1. The highest BCUT2D eigenvalue weighted by Crippen LogP contribution is 2.21. The molecule has 0 aliphatic rings. The summed E-state index contributed by atoms with van der Waals surface area (Å²) in [5, 5.41) is 29.7. The van der Waals surface area contributed by atoms with E-state index in [1.165, 1.54) is 0 Å². The average molecular weight is 294 g/mol. The highest BCUT2D eigenvalue weighted by molar-refractivity contribution is 5.89. The van der Waals surface area contributed by atoms with Crippen LogP contribution in [0.25, 0.3) is 0 Å². The molecule has 0 aromatic heterocycles. The van der Waals surface area contributed by atoms with Gasteiger partial charge in [0, 0.05) is 12.0 Å². The molecule has 21 heavy (non-hydrogen) atoms. The monoisotopic (exact) mass is 294 g/mol. The molecular formula is C15H20NO5-. The maximum absolute atomic E-state index is 12.0.